The van der Waals surface area contributed by atoms with Gasteiger partial charge in [0.05, 0.1) is 13.1 Å². The van der Waals surface area contributed by atoms with Crippen LogP contribution in [0.3, 0.4) is 0 Å². The maximum atomic E-state index is 11.6. The van der Waals surface area contributed by atoms with E-state index in [1.165, 1.54) is 0 Å². The number of carbonyl (C=O) groups is 2. The molecule has 4 nitrogen and oxygen atoms in total. The average molecular weight is 220 g/mol. The number of nitrogens with one attached hydrogen (secondary N) is 1. The lowest BCUT2D eigenvalue weighted by Crippen LogP contribution is -2.36. The second-order valence-electron chi connectivity index (χ2n) is 3.80. The van der Waals surface area contributed by atoms with E-state index in [0.29, 0.717) is 12.1 Å². The highest BCUT2D eigenvalue weighted by atomic mass is 16.2. The van der Waals surface area contributed by atoms with E-state index >= 15 is 0 Å². The molecule has 16 heavy (non-hydrogen) atoms. The summed E-state index contributed by atoms with van der Waals surface area (Å²) in [5.74, 6) is -0.220. The van der Waals surface area contributed by atoms with E-state index in [1.54, 1.807) is 43.3 Å². The van der Waals surface area contributed by atoms with Crippen molar-refractivity contribution in [1.29, 1.82) is 0 Å². The van der Waals surface area contributed by atoms with E-state index in [4.69, 9.17) is 0 Å². The second-order valence-corrected chi connectivity index (χ2v) is 3.80. The molecule has 0 saturated heterocycles. The Balaban J connectivity index is 2.39. The molecule has 0 aliphatic heterocycles. The molecular weight excluding hydrogens is 204 g/mol. The number of rotatable bonds is 5. The molecule has 0 aromatic heterocycles. The molecule has 1 amide bonds. The number of benzene rings is 1. The average Bonchev–Trinajstić information content (AvgIpc) is 2.26. The first-order valence-electron chi connectivity index (χ1n) is 5.09. The zero-order chi connectivity index (χ0) is 12.0. The fraction of sp³-hybridized carbons (Fsp3) is 0.333. The molecule has 1 N–H and O–H groups in total. The minimum absolute atomic E-state index is 0.0523. The molecular formula is C12H16N2O2. The van der Waals surface area contributed by atoms with Gasteiger partial charge in [0.1, 0.15) is 0 Å². The van der Waals surface area contributed by atoms with Crippen LogP contribution in [0.5, 0.6) is 0 Å². The summed E-state index contributed by atoms with van der Waals surface area (Å²) in [5.41, 5.74) is 0.618. The molecule has 1 rings (SSSR count). The molecule has 0 unspecified atom stereocenters. The van der Waals surface area contributed by atoms with Crippen LogP contribution in [0.2, 0.25) is 0 Å². The Kier molecular flexibility index (Phi) is 4.66. The molecule has 0 heterocycles. The lowest BCUT2D eigenvalue weighted by Gasteiger charge is -2.09. The number of carbonyl (C=O) groups excluding carboxylic acids is 2. The van der Waals surface area contributed by atoms with Gasteiger partial charge in [0.15, 0.2) is 5.78 Å². The SMILES string of the molecule is CN(C)CC(=O)NCC(=O)c1ccccc1. The van der Waals surface area contributed by atoms with Gasteiger partial charge in [0, 0.05) is 5.56 Å². The number of hydrogen-bond donors (Lipinski definition) is 1. The van der Waals surface area contributed by atoms with Crippen molar-refractivity contribution >= 4 is 11.7 Å². The second kappa shape index (κ2) is 6.02. The Morgan fingerprint density at radius 2 is 1.81 bits per heavy atom. The molecule has 0 bridgehead atoms. The lowest BCUT2D eigenvalue weighted by molar-refractivity contribution is -0.121. The minimum atomic E-state index is -0.144. The Morgan fingerprint density at radius 1 is 1.19 bits per heavy atom. The van der Waals surface area contributed by atoms with Crippen LogP contribution < -0.4 is 5.32 Å². The molecule has 0 atom stereocenters. The molecule has 0 saturated carbocycles. The van der Waals surface area contributed by atoms with E-state index in [-0.39, 0.29) is 18.2 Å². The first-order valence-corrected chi connectivity index (χ1v) is 5.09. The highest BCUT2D eigenvalue weighted by Crippen LogP contribution is 1.98. The van der Waals surface area contributed by atoms with Gasteiger partial charge in [-0.15, -0.1) is 0 Å². The van der Waals surface area contributed by atoms with Gasteiger partial charge in [-0.1, -0.05) is 30.3 Å². The van der Waals surface area contributed by atoms with Crippen LogP contribution in [0.25, 0.3) is 0 Å². The van der Waals surface area contributed by atoms with Crippen LogP contribution in [-0.2, 0) is 4.79 Å². The molecule has 0 fully saturated rings. The summed E-state index contributed by atoms with van der Waals surface area (Å²) in [6.45, 7) is 0.346. The predicted molar refractivity (Wildman–Crippen MR) is 62.3 cm³/mol. The monoisotopic (exact) mass is 220 g/mol. The summed E-state index contributed by atoms with van der Waals surface area (Å²) < 4.78 is 0. The first kappa shape index (κ1) is 12.4. The molecule has 0 aliphatic rings. The highest BCUT2D eigenvalue weighted by Gasteiger charge is 2.07. The first-order chi connectivity index (χ1) is 7.59. The standard InChI is InChI=1S/C12H16N2O2/c1-14(2)9-12(16)13-8-11(15)10-6-4-3-5-7-10/h3-7H,8-9H2,1-2H3,(H,13,16). The van der Waals surface area contributed by atoms with Gasteiger partial charge in [0.25, 0.3) is 0 Å². The fourth-order valence-corrected chi connectivity index (χ4v) is 1.25. The summed E-state index contributed by atoms with van der Waals surface area (Å²) >= 11 is 0. The number of amides is 1. The van der Waals surface area contributed by atoms with Crippen molar-refractivity contribution < 1.29 is 9.59 Å². The Hall–Kier alpha value is -1.68. The summed E-state index contributed by atoms with van der Waals surface area (Å²) in [7, 11) is 3.61. The van der Waals surface area contributed by atoms with E-state index in [2.05, 4.69) is 5.32 Å². The summed E-state index contributed by atoms with van der Waals surface area (Å²) in [6, 6.07) is 8.92. The molecule has 4 heteroatoms. The molecule has 1 aromatic carbocycles. The van der Waals surface area contributed by atoms with Crippen molar-refractivity contribution in [1.82, 2.24) is 10.2 Å². The van der Waals surface area contributed by atoms with E-state index in [0.717, 1.165) is 0 Å². The van der Waals surface area contributed by atoms with E-state index in [1.807, 2.05) is 6.07 Å². The quantitative estimate of drug-likeness (QED) is 0.737. The van der Waals surface area contributed by atoms with Crippen LogP contribution in [-0.4, -0.2) is 43.8 Å². The third-order valence-electron chi connectivity index (χ3n) is 2.00. The van der Waals surface area contributed by atoms with Crippen molar-refractivity contribution in [2.75, 3.05) is 27.2 Å². The normalized spacial score (nSPS) is 10.2. The number of hydrogen-bond acceptors (Lipinski definition) is 3. The summed E-state index contributed by atoms with van der Waals surface area (Å²) in [6.07, 6.45) is 0. The number of likely N-dealkylation sites (N-methyl/N-ethyl adjacent to an activating group) is 1. The molecule has 0 radical (unpaired) electrons. The van der Waals surface area contributed by atoms with Gasteiger partial charge >= 0.3 is 0 Å². The lowest BCUT2D eigenvalue weighted by atomic mass is 10.1. The van der Waals surface area contributed by atoms with Crippen molar-refractivity contribution in [2.24, 2.45) is 0 Å². The Morgan fingerprint density at radius 3 is 2.38 bits per heavy atom. The third kappa shape index (κ3) is 4.23. The molecule has 0 aliphatic carbocycles. The predicted octanol–water partition coefficient (Wildman–Crippen LogP) is 0.547. The van der Waals surface area contributed by atoms with Gasteiger partial charge in [-0.05, 0) is 14.1 Å². The topological polar surface area (TPSA) is 49.4 Å². The third-order valence-corrected chi connectivity index (χ3v) is 2.00. The van der Waals surface area contributed by atoms with Gasteiger partial charge < -0.3 is 10.2 Å². The van der Waals surface area contributed by atoms with Crippen LogP contribution >= 0.6 is 0 Å². The van der Waals surface area contributed by atoms with Crippen molar-refractivity contribution in [3.63, 3.8) is 0 Å². The highest BCUT2D eigenvalue weighted by molar-refractivity contribution is 5.99. The van der Waals surface area contributed by atoms with Gasteiger partial charge in [-0.3, -0.25) is 9.59 Å². The Bertz CT molecular complexity index is 361. The maximum Gasteiger partial charge on any atom is 0.234 e. The summed E-state index contributed by atoms with van der Waals surface area (Å²) in [4.78, 5) is 24.6. The number of ketones is 1. The smallest absolute Gasteiger partial charge is 0.234 e. The van der Waals surface area contributed by atoms with Crippen LogP contribution in [0.1, 0.15) is 10.4 Å². The number of Topliss-reactive ketones (excluding diaryl/α,β-unsaturated/α-hetero) is 1. The van der Waals surface area contributed by atoms with E-state index < -0.39 is 0 Å². The van der Waals surface area contributed by atoms with Crippen LogP contribution in [0.4, 0.5) is 0 Å². The van der Waals surface area contributed by atoms with Crippen molar-refractivity contribution in [3.05, 3.63) is 35.9 Å². The summed E-state index contributed by atoms with van der Waals surface area (Å²) in [5, 5.41) is 2.58. The molecule has 0 spiro atoms. The van der Waals surface area contributed by atoms with Gasteiger partial charge in [-0.25, -0.2) is 0 Å². The maximum absolute atomic E-state index is 11.6. The van der Waals surface area contributed by atoms with Gasteiger partial charge in [-0.2, -0.15) is 0 Å². The van der Waals surface area contributed by atoms with Crippen molar-refractivity contribution in [2.45, 2.75) is 0 Å². The fourth-order valence-electron chi connectivity index (χ4n) is 1.25. The van der Waals surface area contributed by atoms with Crippen LogP contribution in [0, 0.1) is 0 Å². The van der Waals surface area contributed by atoms with E-state index in [9.17, 15) is 9.59 Å². The molecule has 1 aromatic rings. The zero-order valence-electron chi connectivity index (χ0n) is 9.56. The largest absolute Gasteiger partial charge is 0.348 e. The van der Waals surface area contributed by atoms with Crippen molar-refractivity contribution in [3.8, 4) is 0 Å². The minimum Gasteiger partial charge on any atom is -0.348 e. The number of nitrogens with zero attached hydrogens (tertiary/aromatic N) is 1. The molecule has 86 valence electrons. The zero-order valence-corrected chi connectivity index (χ0v) is 9.56. The van der Waals surface area contributed by atoms with Crippen LogP contribution in [0.15, 0.2) is 30.3 Å². The van der Waals surface area contributed by atoms with Gasteiger partial charge in [0.2, 0.25) is 5.91 Å². The Labute approximate surface area is 95.3 Å².